The minimum absolute atomic E-state index is 0.0401. The molecule has 2 atom stereocenters. The lowest BCUT2D eigenvalue weighted by atomic mass is 10.2. The van der Waals surface area contributed by atoms with Gasteiger partial charge in [0.25, 0.3) is 0 Å². The Labute approximate surface area is 159 Å². The van der Waals surface area contributed by atoms with Crippen molar-refractivity contribution in [1.29, 1.82) is 0 Å². The van der Waals surface area contributed by atoms with E-state index in [0.29, 0.717) is 17.2 Å². The van der Waals surface area contributed by atoms with E-state index in [2.05, 4.69) is 5.10 Å². The predicted molar refractivity (Wildman–Crippen MR) is 95.3 cm³/mol. The monoisotopic (exact) mass is 417 g/mol. The van der Waals surface area contributed by atoms with Gasteiger partial charge in [0, 0.05) is 18.9 Å². The third-order valence-corrected chi connectivity index (χ3v) is 6.25. The zero-order chi connectivity index (χ0) is 20.9. The van der Waals surface area contributed by atoms with E-state index in [1.807, 2.05) is 0 Å². The average Bonchev–Trinajstić information content (AvgIpc) is 3.17. The number of rotatable bonds is 4. The second kappa shape index (κ2) is 6.80. The van der Waals surface area contributed by atoms with E-state index >= 15 is 0 Å². The van der Waals surface area contributed by atoms with Crippen LogP contribution in [-0.2, 0) is 20.8 Å². The molecule has 1 N–H and O–H groups in total. The summed E-state index contributed by atoms with van der Waals surface area (Å²) in [5.74, 6) is -0.861. The number of aryl methyl sites for hydroxylation is 1. The van der Waals surface area contributed by atoms with Crippen molar-refractivity contribution in [3.05, 3.63) is 41.6 Å². The first-order valence-electron chi connectivity index (χ1n) is 8.30. The van der Waals surface area contributed by atoms with Crippen LogP contribution in [0.25, 0.3) is 5.69 Å². The summed E-state index contributed by atoms with van der Waals surface area (Å²) >= 11 is 0. The van der Waals surface area contributed by atoms with E-state index in [0.717, 1.165) is 18.4 Å². The summed E-state index contributed by atoms with van der Waals surface area (Å²) in [5, 5.41) is 12.9. The molecule has 0 unspecified atom stereocenters. The quantitative estimate of drug-likeness (QED) is 0.821. The highest BCUT2D eigenvalue weighted by Crippen LogP contribution is 2.33. The zero-order valence-electron chi connectivity index (χ0n) is 15.0. The molecule has 28 heavy (non-hydrogen) atoms. The smallest absolute Gasteiger partial charge is 0.416 e. The maximum Gasteiger partial charge on any atom is 0.416 e. The number of halogens is 3. The number of carboxylic acid groups (broad SMARTS) is 1. The van der Waals surface area contributed by atoms with Gasteiger partial charge in [-0.15, -0.1) is 0 Å². The molecule has 0 radical (unpaired) electrons. The highest BCUT2D eigenvalue weighted by atomic mass is 32.2. The van der Waals surface area contributed by atoms with Crippen LogP contribution >= 0.6 is 0 Å². The minimum Gasteiger partial charge on any atom is -0.480 e. The number of hydrogen-bond donors (Lipinski definition) is 1. The summed E-state index contributed by atoms with van der Waals surface area (Å²) in [6.45, 7) is 1.62. The Morgan fingerprint density at radius 1 is 1.25 bits per heavy atom. The van der Waals surface area contributed by atoms with Crippen LogP contribution < -0.4 is 4.90 Å². The van der Waals surface area contributed by atoms with Crippen LogP contribution in [0.3, 0.4) is 0 Å². The maximum atomic E-state index is 12.8. The molecule has 1 fully saturated rings. The number of nitrogens with zero attached hydrogens (tertiary/aromatic N) is 3. The van der Waals surface area contributed by atoms with Crippen LogP contribution in [0, 0.1) is 6.92 Å². The molecule has 0 aliphatic carbocycles. The van der Waals surface area contributed by atoms with Crippen LogP contribution in [-0.4, -0.2) is 53.4 Å². The summed E-state index contributed by atoms with van der Waals surface area (Å²) in [5.41, 5.74) is 0.00768. The Kier molecular flexibility index (Phi) is 4.90. The van der Waals surface area contributed by atoms with Gasteiger partial charge in [-0.1, -0.05) is 0 Å². The van der Waals surface area contributed by atoms with Crippen LogP contribution in [0.2, 0.25) is 0 Å². The van der Waals surface area contributed by atoms with E-state index in [1.165, 1.54) is 21.7 Å². The number of carboxylic acids is 1. The largest absolute Gasteiger partial charge is 0.480 e. The van der Waals surface area contributed by atoms with Crippen LogP contribution in [0.4, 0.5) is 19.0 Å². The normalized spacial score (nSPS) is 20.5. The molecule has 1 saturated heterocycles. The van der Waals surface area contributed by atoms with Crippen molar-refractivity contribution in [2.45, 2.75) is 30.8 Å². The number of carbonyl (C=O) groups is 1. The summed E-state index contributed by atoms with van der Waals surface area (Å²) in [4.78, 5) is 13.1. The molecule has 7 nitrogen and oxygen atoms in total. The van der Waals surface area contributed by atoms with Gasteiger partial charge in [0.05, 0.1) is 22.2 Å². The minimum atomic E-state index is -4.48. The Morgan fingerprint density at radius 2 is 1.86 bits per heavy atom. The lowest BCUT2D eigenvalue weighted by Gasteiger charge is -2.24. The molecular weight excluding hydrogens is 399 g/mol. The molecule has 0 bridgehead atoms. The molecule has 0 saturated carbocycles. The third kappa shape index (κ3) is 3.84. The molecule has 152 valence electrons. The molecule has 2 heterocycles. The van der Waals surface area contributed by atoms with E-state index in [-0.39, 0.29) is 13.0 Å². The van der Waals surface area contributed by atoms with Gasteiger partial charge in [0.2, 0.25) is 0 Å². The van der Waals surface area contributed by atoms with Gasteiger partial charge in [-0.2, -0.15) is 18.3 Å². The van der Waals surface area contributed by atoms with Crippen molar-refractivity contribution >= 4 is 21.6 Å². The number of aromatic nitrogens is 2. The molecule has 1 aromatic carbocycles. The van der Waals surface area contributed by atoms with Gasteiger partial charge in [0.1, 0.15) is 11.9 Å². The summed E-state index contributed by atoms with van der Waals surface area (Å²) in [7, 11) is -3.46. The average molecular weight is 417 g/mol. The lowest BCUT2D eigenvalue weighted by molar-refractivity contribution is -0.138. The molecular formula is C17H18F3N3O4S. The molecule has 0 amide bonds. The molecule has 0 spiro atoms. The maximum absolute atomic E-state index is 12.8. The van der Waals surface area contributed by atoms with E-state index < -0.39 is 38.8 Å². The van der Waals surface area contributed by atoms with Gasteiger partial charge < -0.3 is 10.0 Å². The Bertz CT molecular complexity index is 1000. The van der Waals surface area contributed by atoms with Gasteiger partial charge in [-0.3, -0.25) is 0 Å². The van der Waals surface area contributed by atoms with Crippen LogP contribution in [0.5, 0.6) is 0 Å². The highest BCUT2D eigenvalue weighted by molar-refractivity contribution is 7.91. The fraction of sp³-hybridized carbons (Fsp3) is 0.412. The number of hydrogen-bond acceptors (Lipinski definition) is 5. The summed E-state index contributed by atoms with van der Waals surface area (Å²) in [6, 6.07) is 4.79. The summed E-state index contributed by atoms with van der Waals surface area (Å²) in [6.07, 6.45) is -3.50. The van der Waals surface area contributed by atoms with E-state index in [1.54, 1.807) is 13.0 Å². The van der Waals surface area contributed by atoms with Crippen molar-refractivity contribution in [1.82, 2.24) is 9.78 Å². The second-order valence-corrected chi connectivity index (χ2v) is 9.12. The first kappa shape index (κ1) is 20.2. The number of sulfone groups is 1. The molecule has 1 aliphatic rings. The topological polar surface area (TPSA) is 92.5 Å². The number of anilines is 1. The van der Waals surface area contributed by atoms with E-state index in [9.17, 15) is 31.5 Å². The first-order chi connectivity index (χ1) is 12.9. The fourth-order valence-corrected chi connectivity index (χ4v) is 4.23. The van der Waals surface area contributed by atoms with Gasteiger partial charge >= 0.3 is 12.1 Å². The summed E-state index contributed by atoms with van der Waals surface area (Å²) < 4.78 is 63.6. The Hall–Kier alpha value is -2.56. The van der Waals surface area contributed by atoms with Crippen molar-refractivity contribution in [2.75, 3.05) is 17.7 Å². The van der Waals surface area contributed by atoms with Crippen LogP contribution in [0.15, 0.2) is 30.3 Å². The zero-order valence-corrected chi connectivity index (χ0v) is 15.8. The number of alkyl halides is 3. The molecule has 3 rings (SSSR count). The molecule has 1 aromatic heterocycles. The number of benzene rings is 1. The standard InChI is InChI=1S/C17H18F3N3O4S/c1-10-7-15(22-9-13(28(2,26)27)8-14(22)16(24)25)23(21-10)12-5-3-11(4-6-12)17(18,19)20/h3-7,13-14H,8-9H2,1-2H3,(H,24,25)/t13-,14+/m1/s1. The van der Waals surface area contributed by atoms with Crippen molar-refractivity contribution < 1.29 is 31.5 Å². The fourth-order valence-electron chi connectivity index (χ4n) is 3.27. The van der Waals surface area contributed by atoms with Gasteiger partial charge in [0.15, 0.2) is 9.84 Å². The molecule has 2 aromatic rings. The SMILES string of the molecule is Cc1cc(N2C[C@H](S(C)(=O)=O)C[C@H]2C(=O)O)n(-c2ccc(C(F)(F)F)cc2)n1. The Balaban J connectivity index is 2.03. The highest BCUT2D eigenvalue weighted by Gasteiger charge is 2.42. The third-order valence-electron chi connectivity index (χ3n) is 4.70. The lowest BCUT2D eigenvalue weighted by Crippen LogP contribution is -2.37. The van der Waals surface area contributed by atoms with Crippen molar-refractivity contribution in [3.8, 4) is 5.69 Å². The molecule has 1 aliphatic heterocycles. The van der Waals surface area contributed by atoms with Crippen LogP contribution in [0.1, 0.15) is 17.7 Å². The first-order valence-corrected chi connectivity index (χ1v) is 10.3. The van der Waals surface area contributed by atoms with Crippen molar-refractivity contribution in [2.24, 2.45) is 0 Å². The van der Waals surface area contributed by atoms with Gasteiger partial charge in [-0.25, -0.2) is 17.9 Å². The van der Waals surface area contributed by atoms with Crippen molar-refractivity contribution in [3.63, 3.8) is 0 Å². The van der Waals surface area contributed by atoms with E-state index in [4.69, 9.17) is 0 Å². The number of aliphatic carboxylic acids is 1. The molecule has 11 heteroatoms. The predicted octanol–water partition coefficient (Wildman–Crippen LogP) is 2.28. The van der Waals surface area contributed by atoms with Gasteiger partial charge in [-0.05, 0) is 37.6 Å². The Morgan fingerprint density at radius 3 is 2.36 bits per heavy atom. The second-order valence-electron chi connectivity index (χ2n) is 6.79.